The van der Waals surface area contributed by atoms with E-state index in [4.69, 9.17) is 0 Å². The fourth-order valence-electron chi connectivity index (χ4n) is 0.830. The van der Waals surface area contributed by atoms with Crippen LogP contribution in [0.25, 0.3) is 0 Å². The summed E-state index contributed by atoms with van der Waals surface area (Å²) in [5, 5.41) is 0. The second-order valence-corrected chi connectivity index (χ2v) is 2.23. The molecule has 0 fully saturated rings. The average Bonchev–Trinajstić information content (AvgIpc) is 2.05. The maximum Gasteiger partial charge on any atom is 0.338 e. The zero-order chi connectivity index (χ0) is 8.97. The number of rotatable bonds is 2. The summed E-state index contributed by atoms with van der Waals surface area (Å²) in [5.41, 5.74) is 0.247. The Morgan fingerprint density at radius 1 is 1.58 bits per heavy atom. The van der Waals surface area contributed by atoms with Crippen LogP contribution in [0.3, 0.4) is 0 Å². The van der Waals surface area contributed by atoms with Crippen molar-refractivity contribution in [2.75, 3.05) is 6.61 Å². The summed E-state index contributed by atoms with van der Waals surface area (Å²) < 4.78 is 17.2. The van der Waals surface area contributed by atoms with E-state index in [9.17, 15) is 9.18 Å². The number of ether oxygens (including phenoxy) is 1. The van der Waals surface area contributed by atoms with Crippen molar-refractivity contribution in [2.24, 2.45) is 0 Å². The van der Waals surface area contributed by atoms with Crippen LogP contribution < -0.4 is 0 Å². The molecule has 0 radical (unpaired) electrons. The number of hydrogen-bond acceptors (Lipinski definition) is 2. The number of benzene rings is 1. The van der Waals surface area contributed by atoms with Crippen molar-refractivity contribution >= 4 is 5.97 Å². The topological polar surface area (TPSA) is 26.3 Å². The Kier molecular flexibility index (Phi) is 2.80. The first-order valence-corrected chi connectivity index (χ1v) is 3.66. The highest BCUT2D eigenvalue weighted by molar-refractivity contribution is 5.89. The highest BCUT2D eigenvalue weighted by atomic mass is 18.2. The molecule has 3 heteroatoms. The van der Waals surface area contributed by atoms with Gasteiger partial charge < -0.3 is 4.74 Å². The van der Waals surface area contributed by atoms with Crippen molar-refractivity contribution in [3.8, 4) is 0 Å². The number of halogens is 1. The largest absolute Gasteiger partial charge is 0.462 e. The van der Waals surface area contributed by atoms with E-state index in [1.54, 1.807) is 6.92 Å². The quantitative estimate of drug-likeness (QED) is 0.630. The molecule has 0 saturated heterocycles. The summed E-state index contributed by atoms with van der Waals surface area (Å²) in [4.78, 5) is 11.0. The molecule has 12 heavy (non-hydrogen) atoms. The van der Waals surface area contributed by atoms with Crippen LogP contribution in [-0.4, -0.2) is 12.6 Å². The van der Waals surface area contributed by atoms with Crippen LogP contribution in [-0.2, 0) is 4.74 Å². The molecular formula is C9H9FO2. The molecule has 0 atom stereocenters. The SMILES string of the molecule is CCOC(=O)c1cccc([18F])c1. The highest BCUT2D eigenvalue weighted by Gasteiger charge is 2.05. The first-order valence-electron chi connectivity index (χ1n) is 3.66. The third-order valence-corrected chi connectivity index (χ3v) is 1.34. The van der Waals surface area contributed by atoms with Gasteiger partial charge in [0.2, 0.25) is 0 Å². The third-order valence-electron chi connectivity index (χ3n) is 1.34. The minimum absolute atomic E-state index is 0.247. The summed E-state index contributed by atoms with van der Waals surface area (Å²) in [7, 11) is 0. The van der Waals surface area contributed by atoms with E-state index < -0.39 is 11.8 Å². The van der Waals surface area contributed by atoms with E-state index in [1.807, 2.05) is 0 Å². The monoisotopic (exact) mass is 167 g/mol. The lowest BCUT2D eigenvalue weighted by molar-refractivity contribution is 0.0526. The van der Waals surface area contributed by atoms with Gasteiger partial charge in [-0.25, -0.2) is 9.18 Å². The minimum atomic E-state index is -0.489. The van der Waals surface area contributed by atoms with Gasteiger partial charge in [0.25, 0.3) is 0 Å². The summed E-state index contributed by atoms with van der Waals surface area (Å²) >= 11 is 0. The van der Waals surface area contributed by atoms with Crippen molar-refractivity contribution in [1.29, 1.82) is 0 Å². The Bertz CT molecular complexity index is 284. The molecule has 0 aliphatic rings. The Balaban J connectivity index is 2.81. The standard InChI is InChI=1S/C9H9FO2/c1-2-12-9(11)7-4-3-5-8(10)6-7/h3-6H,2H2,1H3/i10-1. The van der Waals surface area contributed by atoms with Crippen molar-refractivity contribution in [3.05, 3.63) is 35.6 Å². The lowest BCUT2D eigenvalue weighted by atomic mass is 10.2. The highest BCUT2D eigenvalue weighted by Crippen LogP contribution is 2.04. The molecule has 0 amide bonds. The molecule has 0 aliphatic carbocycles. The summed E-state index contributed by atoms with van der Waals surface area (Å²) in [6.07, 6.45) is 0. The summed E-state index contributed by atoms with van der Waals surface area (Å²) in [5.74, 6) is -0.919. The van der Waals surface area contributed by atoms with Crippen LogP contribution in [0.2, 0.25) is 0 Å². The van der Waals surface area contributed by atoms with Gasteiger partial charge in [0, 0.05) is 0 Å². The van der Waals surface area contributed by atoms with Gasteiger partial charge in [-0.15, -0.1) is 0 Å². The van der Waals surface area contributed by atoms with Crippen LogP contribution in [0.5, 0.6) is 0 Å². The van der Waals surface area contributed by atoms with Crippen molar-refractivity contribution in [3.63, 3.8) is 0 Å². The van der Waals surface area contributed by atoms with Gasteiger partial charge in [-0.2, -0.15) is 0 Å². The first kappa shape index (κ1) is 8.71. The molecule has 0 bridgehead atoms. The number of carbonyl (C=O) groups is 1. The maximum atomic E-state index is 12.6. The molecule has 2 nitrogen and oxygen atoms in total. The summed E-state index contributed by atoms with van der Waals surface area (Å²) in [6, 6.07) is 5.42. The van der Waals surface area contributed by atoms with Crippen LogP contribution in [0.1, 0.15) is 17.3 Å². The van der Waals surface area contributed by atoms with Gasteiger partial charge in [-0.05, 0) is 25.1 Å². The van der Waals surface area contributed by atoms with Gasteiger partial charge >= 0.3 is 5.97 Å². The minimum Gasteiger partial charge on any atom is -0.462 e. The van der Waals surface area contributed by atoms with E-state index in [2.05, 4.69) is 4.74 Å². The second kappa shape index (κ2) is 3.85. The van der Waals surface area contributed by atoms with Crippen molar-refractivity contribution in [2.45, 2.75) is 6.92 Å². The smallest absolute Gasteiger partial charge is 0.338 e. The molecule has 1 aromatic carbocycles. The molecule has 0 unspecified atom stereocenters. The zero-order valence-electron chi connectivity index (χ0n) is 6.71. The fourth-order valence-corrected chi connectivity index (χ4v) is 0.830. The van der Waals surface area contributed by atoms with Crippen LogP contribution in [0.4, 0.5) is 4.39 Å². The predicted octanol–water partition coefficient (Wildman–Crippen LogP) is 2.00. The first-order chi connectivity index (χ1) is 5.74. The third kappa shape index (κ3) is 2.05. The Morgan fingerprint density at radius 3 is 2.92 bits per heavy atom. The van der Waals surface area contributed by atoms with Gasteiger partial charge in [-0.1, -0.05) is 6.07 Å². The second-order valence-electron chi connectivity index (χ2n) is 2.23. The maximum absolute atomic E-state index is 12.6. The lowest BCUT2D eigenvalue weighted by Crippen LogP contribution is -2.04. The van der Waals surface area contributed by atoms with Gasteiger partial charge in [0.15, 0.2) is 0 Å². The molecule has 64 valence electrons. The van der Waals surface area contributed by atoms with E-state index >= 15 is 0 Å². The number of carbonyl (C=O) groups excluding carboxylic acids is 1. The Labute approximate surface area is 70.0 Å². The fraction of sp³-hybridized carbons (Fsp3) is 0.222. The van der Waals surface area contributed by atoms with Gasteiger partial charge in [0.05, 0.1) is 12.2 Å². The molecule has 0 heterocycles. The number of hydrogen-bond donors (Lipinski definition) is 0. The van der Waals surface area contributed by atoms with Crippen LogP contribution in [0.15, 0.2) is 24.3 Å². The Morgan fingerprint density at radius 2 is 2.33 bits per heavy atom. The molecule has 0 spiro atoms. The lowest BCUT2D eigenvalue weighted by Gasteiger charge is -2.00. The zero-order valence-corrected chi connectivity index (χ0v) is 6.71. The average molecular weight is 167 g/mol. The molecular weight excluding hydrogens is 158 g/mol. The molecule has 0 aliphatic heterocycles. The molecule has 0 N–H and O–H groups in total. The van der Waals surface area contributed by atoms with Gasteiger partial charge in [-0.3, -0.25) is 0 Å². The summed E-state index contributed by atoms with van der Waals surface area (Å²) in [6.45, 7) is 2.01. The molecule has 1 rings (SSSR count). The van der Waals surface area contributed by atoms with E-state index in [-0.39, 0.29) is 5.56 Å². The molecule has 0 saturated carbocycles. The van der Waals surface area contributed by atoms with E-state index in [0.717, 1.165) is 6.07 Å². The van der Waals surface area contributed by atoms with E-state index in [0.29, 0.717) is 6.61 Å². The van der Waals surface area contributed by atoms with Crippen LogP contribution >= 0.6 is 0 Å². The normalized spacial score (nSPS) is 9.50. The predicted molar refractivity (Wildman–Crippen MR) is 42.4 cm³/mol. The molecule has 0 aromatic heterocycles. The van der Waals surface area contributed by atoms with Gasteiger partial charge in [0.1, 0.15) is 5.82 Å². The van der Waals surface area contributed by atoms with Crippen LogP contribution in [0, 0.1) is 5.82 Å². The molecule has 1 aromatic rings. The Hall–Kier alpha value is -1.38. The number of esters is 1. The van der Waals surface area contributed by atoms with Crippen molar-refractivity contribution in [1.82, 2.24) is 0 Å². The van der Waals surface area contributed by atoms with E-state index in [1.165, 1.54) is 18.2 Å². The van der Waals surface area contributed by atoms with Crippen molar-refractivity contribution < 1.29 is 13.9 Å².